The van der Waals surface area contributed by atoms with Gasteiger partial charge in [-0.2, -0.15) is 14.6 Å². The minimum absolute atomic E-state index is 0.715. The number of fused-ring (bicyclic) bond motifs is 1. The maximum atomic E-state index is 4.37. The highest BCUT2D eigenvalue weighted by atomic mass is 32.2. The van der Waals surface area contributed by atoms with Crippen LogP contribution in [0.3, 0.4) is 0 Å². The Balaban J connectivity index is 2.76. The van der Waals surface area contributed by atoms with E-state index >= 15 is 0 Å². The lowest BCUT2D eigenvalue weighted by Gasteiger charge is -2.04. The summed E-state index contributed by atoms with van der Waals surface area (Å²) in [7, 11) is 1.82. The molecule has 0 bridgehead atoms. The summed E-state index contributed by atoms with van der Waals surface area (Å²) in [5.74, 6) is 0.715. The number of nitrogens with zero attached hydrogens (tertiary/aromatic N) is 4. The molecule has 0 fully saturated rings. The Morgan fingerprint density at radius 3 is 2.86 bits per heavy atom. The summed E-state index contributed by atoms with van der Waals surface area (Å²) in [6.07, 6.45) is 3.74. The molecule has 74 valence electrons. The van der Waals surface area contributed by atoms with E-state index in [2.05, 4.69) is 20.4 Å². The molecular weight excluding hydrogens is 198 g/mol. The van der Waals surface area contributed by atoms with Crippen molar-refractivity contribution in [2.24, 2.45) is 0 Å². The second-order valence-corrected chi connectivity index (χ2v) is 3.62. The minimum Gasteiger partial charge on any atom is -0.357 e. The van der Waals surface area contributed by atoms with Crippen LogP contribution in [0.15, 0.2) is 11.4 Å². The van der Waals surface area contributed by atoms with Gasteiger partial charge in [-0.15, -0.1) is 0 Å². The fourth-order valence-electron chi connectivity index (χ4n) is 1.22. The molecule has 2 heterocycles. The van der Waals surface area contributed by atoms with E-state index in [-0.39, 0.29) is 0 Å². The lowest BCUT2D eigenvalue weighted by atomic mass is 10.4. The standard InChI is InChI=1S/C8H11N5S/c1-5-4-10-13-6(5)11-8(14-3)12-7(13)9-2/h4H,1-3H3,(H,9,11,12). The first kappa shape index (κ1) is 9.26. The third kappa shape index (κ3) is 1.31. The summed E-state index contributed by atoms with van der Waals surface area (Å²) >= 11 is 1.52. The summed E-state index contributed by atoms with van der Waals surface area (Å²) in [4.78, 5) is 8.67. The molecule has 0 unspecified atom stereocenters. The molecule has 0 saturated heterocycles. The first-order valence-corrected chi connectivity index (χ1v) is 5.43. The van der Waals surface area contributed by atoms with Crippen LogP contribution in [0.2, 0.25) is 0 Å². The molecule has 0 aliphatic carbocycles. The van der Waals surface area contributed by atoms with Crippen LogP contribution < -0.4 is 5.32 Å². The summed E-state index contributed by atoms with van der Waals surface area (Å²) in [5.41, 5.74) is 1.91. The minimum atomic E-state index is 0.715. The number of anilines is 1. The Bertz CT molecular complexity index is 464. The van der Waals surface area contributed by atoms with Crippen LogP contribution in [0, 0.1) is 6.92 Å². The molecular formula is C8H11N5S. The van der Waals surface area contributed by atoms with E-state index in [1.54, 1.807) is 10.7 Å². The maximum Gasteiger partial charge on any atom is 0.228 e. The van der Waals surface area contributed by atoms with E-state index in [4.69, 9.17) is 0 Å². The van der Waals surface area contributed by atoms with E-state index in [1.807, 2.05) is 20.2 Å². The van der Waals surface area contributed by atoms with Gasteiger partial charge in [0.05, 0.1) is 6.20 Å². The van der Waals surface area contributed by atoms with E-state index < -0.39 is 0 Å². The van der Waals surface area contributed by atoms with Gasteiger partial charge in [0.2, 0.25) is 5.95 Å². The fraction of sp³-hybridized carbons (Fsp3) is 0.375. The molecule has 0 saturated carbocycles. The topological polar surface area (TPSA) is 55.1 Å². The van der Waals surface area contributed by atoms with Crippen LogP contribution in [0.5, 0.6) is 0 Å². The number of hydrogen-bond acceptors (Lipinski definition) is 5. The van der Waals surface area contributed by atoms with Crippen LogP contribution in [0.25, 0.3) is 5.65 Å². The predicted octanol–water partition coefficient (Wildman–Crippen LogP) is 1.20. The molecule has 0 atom stereocenters. The smallest absolute Gasteiger partial charge is 0.228 e. The van der Waals surface area contributed by atoms with Crippen LogP contribution in [-0.2, 0) is 0 Å². The molecule has 6 heteroatoms. The van der Waals surface area contributed by atoms with Crippen LogP contribution >= 0.6 is 11.8 Å². The largest absolute Gasteiger partial charge is 0.357 e. The molecule has 2 rings (SSSR count). The van der Waals surface area contributed by atoms with Gasteiger partial charge in [0.25, 0.3) is 0 Å². The predicted molar refractivity (Wildman–Crippen MR) is 56.8 cm³/mol. The van der Waals surface area contributed by atoms with Gasteiger partial charge in [0.1, 0.15) is 0 Å². The Hall–Kier alpha value is -1.30. The third-order valence-electron chi connectivity index (χ3n) is 1.93. The summed E-state index contributed by atoms with van der Waals surface area (Å²) in [6.45, 7) is 1.98. The second kappa shape index (κ2) is 3.45. The fourth-order valence-corrected chi connectivity index (χ4v) is 1.58. The van der Waals surface area contributed by atoms with Crippen molar-refractivity contribution in [2.45, 2.75) is 12.1 Å². The van der Waals surface area contributed by atoms with Crippen molar-refractivity contribution in [2.75, 3.05) is 18.6 Å². The summed E-state index contributed by atoms with van der Waals surface area (Å²) in [5, 5.41) is 7.93. The van der Waals surface area contributed by atoms with Crippen molar-refractivity contribution in [3.63, 3.8) is 0 Å². The van der Waals surface area contributed by atoms with Crippen LogP contribution in [0.1, 0.15) is 5.56 Å². The monoisotopic (exact) mass is 209 g/mol. The van der Waals surface area contributed by atoms with Gasteiger partial charge in [-0.25, -0.2) is 4.98 Å². The zero-order chi connectivity index (χ0) is 10.1. The normalized spacial score (nSPS) is 10.8. The Labute approximate surface area is 85.9 Å². The van der Waals surface area contributed by atoms with E-state index in [0.29, 0.717) is 5.95 Å². The van der Waals surface area contributed by atoms with E-state index in [0.717, 1.165) is 16.4 Å². The molecule has 0 radical (unpaired) electrons. The zero-order valence-electron chi connectivity index (χ0n) is 8.27. The number of aromatic nitrogens is 4. The molecule has 2 aromatic heterocycles. The molecule has 2 aromatic rings. The lowest BCUT2D eigenvalue weighted by molar-refractivity contribution is 0.843. The van der Waals surface area contributed by atoms with E-state index in [9.17, 15) is 0 Å². The number of aryl methyl sites for hydroxylation is 1. The van der Waals surface area contributed by atoms with Gasteiger partial charge in [-0.3, -0.25) is 0 Å². The first-order chi connectivity index (χ1) is 6.76. The van der Waals surface area contributed by atoms with Gasteiger partial charge >= 0.3 is 0 Å². The quantitative estimate of drug-likeness (QED) is 0.753. The SMILES string of the molecule is CNc1nc(SC)nc2c(C)cnn12. The van der Waals surface area contributed by atoms with Crippen molar-refractivity contribution in [3.8, 4) is 0 Å². The van der Waals surface area contributed by atoms with Crippen molar-refractivity contribution >= 4 is 23.4 Å². The number of nitrogens with one attached hydrogen (secondary N) is 1. The summed E-state index contributed by atoms with van der Waals surface area (Å²) < 4.78 is 1.70. The number of rotatable bonds is 2. The second-order valence-electron chi connectivity index (χ2n) is 2.85. The molecule has 0 amide bonds. The number of hydrogen-bond donors (Lipinski definition) is 1. The molecule has 0 aromatic carbocycles. The molecule has 5 nitrogen and oxygen atoms in total. The molecule has 0 spiro atoms. The van der Waals surface area contributed by atoms with Gasteiger partial charge in [0, 0.05) is 12.6 Å². The highest BCUT2D eigenvalue weighted by Gasteiger charge is 2.08. The first-order valence-electron chi connectivity index (χ1n) is 4.20. The molecule has 14 heavy (non-hydrogen) atoms. The average molecular weight is 209 g/mol. The molecule has 1 N–H and O–H groups in total. The van der Waals surface area contributed by atoms with Crippen LogP contribution in [-0.4, -0.2) is 32.9 Å². The average Bonchev–Trinajstić information content (AvgIpc) is 2.59. The van der Waals surface area contributed by atoms with Gasteiger partial charge < -0.3 is 5.32 Å². The van der Waals surface area contributed by atoms with Gasteiger partial charge in [-0.1, -0.05) is 11.8 Å². The maximum absolute atomic E-state index is 4.37. The van der Waals surface area contributed by atoms with E-state index in [1.165, 1.54) is 11.8 Å². The van der Waals surface area contributed by atoms with Crippen LogP contribution in [0.4, 0.5) is 5.95 Å². The highest BCUT2D eigenvalue weighted by Crippen LogP contribution is 2.16. The van der Waals surface area contributed by atoms with Crippen molar-refractivity contribution in [1.29, 1.82) is 0 Å². The highest BCUT2D eigenvalue weighted by molar-refractivity contribution is 7.98. The third-order valence-corrected chi connectivity index (χ3v) is 2.48. The lowest BCUT2D eigenvalue weighted by Crippen LogP contribution is -2.05. The Morgan fingerprint density at radius 1 is 1.43 bits per heavy atom. The van der Waals surface area contributed by atoms with Crippen molar-refractivity contribution in [1.82, 2.24) is 19.6 Å². The van der Waals surface area contributed by atoms with Crippen molar-refractivity contribution < 1.29 is 0 Å². The van der Waals surface area contributed by atoms with Gasteiger partial charge in [0.15, 0.2) is 10.8 Å². The summed E-state index contributed by atoms with van der Waals surface area (Å²) in [6, 6.07) is 0. The number of thioether (sulfide) groups is 1. The molecule has 0 aliphatic heterocycles. The Morgan fingerprint density at radius 2 is 2.21 bits per heavy atom. The van der Waals surface area contributed by atoms with Gasteiger partial charge in [-0.05, 0) is 13.2 Å². The Kier molecular flexibility index (Phi) is 2.28. The molecule has 0 aliphatic rings. The zero-order valence-corrected chi connectivity index (χ0v) is 9.09. The van der Waals surface area contributed by atoms with Crippen molar-refractivity contribution in [3.05, 3.63) is 11.8 Å².